The van der Waals surface area contributed by atoms with E-state index in [4.69, 9.17) is 14.2 Å². The molecule has 0 aliphatic carbocycles. The molecule has 1 fully saturated rings. The monoisotopic (exact) mass is 237 g/mol. The van der Waals surface area contributed by atoms with Crippen LogP contribution in [0.4, 0.5) is 4.79 Å². The van der Waals surface area contributed by atoms with Gasteiger partial charge in [0.2, 0.25) is 0 Å². The van der Waals surface area contributed by atoms with Crippen LogP contribution in [-0.2, 0) is 4.74 Å². The van der Waals surface area contributed by atoms with Gasteiger partial charge in [-0.3, -0.25) is 0 Å². The maximum absolute atomic E-state index is 11.2. The lowest BCUT2D eigenvalue weighted by molar-refractivity contribution is 0.115. The predicted octanol–water partition coefficient (Wildman–Crippen LogP) is 1.87. The van der Waals surface area contributed by atoms with Gasteiger partial charge in [0.1, 0.15) is 11.5 Å². The summed E-state index contributed by atoms with van der Waals surface area (Å²) >= 11 is 0. The number of hydrogen-bond acceptors (Lipinski definition) is 4. The van der Waals surface area contributed by atoms with Crippen molar-refractivity contribution in [3.8, 4) is 11.5 Å². The quantitative estimate of drug-likeness (QED) is 0.872. The highest BCUT2D eigenvalue weighted by molar-refractivity contribution is 5.68. The lowest BCUT2D eigenvalue weighted by atomic mass is 10.0. The van der Waals surface area contributed by atoms with E-state index in [0.29, 0.717) is 18.1 Å². The molecule has 1 amide bonds. The van der Waals surface area contributed by atoms with E-state index in [0.717, 1.165) is 12.0 Å². The summed E-state index contributed by atoms with van der Waals surface area (Å²) in [7, 11) is 3.20. The molecule has 1 aromatic rings. The van der Waals surface area contributed by atoms with Gasteiger partial charge in [0.05, 0.1) is 26.9 Å². The van der Waals surface area contributed by atoms with Gasteiger partial charge in [0.25, 0.3) is 0 Å². The van der Waals surface area contributed by atoms with Crippen LogP contribution in [0, 0.1) is 0 Å². The summed E-state index contributed by atoms with van der Waals surface area (Å²) in [6.07, 6.45) is 0.352. The van der Waals surface area contributed by atoms with E-state index in [1.54, 1.807) is 20.3 Å². The van der Waals surface area contributed by atoms with Gasteiger partial charge in [0.15, 0.2) is 0 Å². The molecule has 5 nitrogen and oxygen atoms in total. The van der Waals surface area contributed by atoms with E-state index in [-0.39, 0.29) is 12.1 Å². The van der Waals surface area contributed by atoms with Gasteiger partial charge in [-0.05, 0) is 17.7 Å². The van der Waals surface area contributed by atoms with E-state index in [2.05, 4.69) is 5.32 Å². The molecule has 1 aliphatic heterocycles. The third-order valence-corrected chi connectivity index (χ3v) is 2.71. The second kappa shape index (κ2) is 4.95. The van der Waals surface area contributed by atoms with Crippen LogP contribution in [0.3, 0.4) is 0 Å². The molecule has 1 aromatic carbocycles. The van der Waals surface area contributed by atoms with Crippen molar-refractivity contribution < 1.29 is 19.0 Å². The molecule has 0 bridgehead atoms. The zero-order chi connectivity index (χ0) is 12.3. The minimum absolute atomic E-state index is 0.0553. The molecule has 0 radical (unpaired) electrons. The third kappa shape index (κ3) is 2.61. The van der Waals surface area contributed by atoms with E-state index in [1.165, 1.54) is 0 Å². The standard InChI is InChI=1S/C12H15NO4/c1-15-9-5-8(6-10(7-9)16-2)11-3-4-17-12(14)13-11/h5-7,11H,3-4H2,1-2H3,(H,13,14)/t11-/m1/s1. The molecule has 1 N–H and O–H groups in total. The minimum atomic E-state index is -0.386. The minimum Gasteiger partial charge on any atom is -0.497 e. The second-order valence-corrected chi connectivity index (χ2v) is 3.77. The Morgan fingerprint density at radius 2 is 1.88 bits per heavy atom. The SMILES string of the molecule is COc1cc(OC)cc([C@H]2CCOC(=O)N2)c1. The topological polar surface area (TPSA) is 56.8 Å². The maximum atomic E-state index is 11.2. The molecule has 5 heteroatoms. The molecule has 0 unspecified atom stereocenters. The Kier molecular flexibility index (Phi) is 3.37. The smallest absolute Gasteiger partial charge is 0.407 e. The normalized spacial score (nSPS) is 19.2. The summed E-state index contributed by atoms with van der Waals surface area (Å²) in [5.74, 6) is 1.42. The summed E-state index contributed by atoms with van der Waals surface area (Å²) in [4.78, 5) is 11.2. The fourth-order valence-electron chi connectivity index (χ4n) is 1.81. The molecule has 92 valence electrons. The van der Waals surface area contributed by atoms with Crippen LogP contribution in [-0.4, -0.2) is 26.9 Å². The summed E-state index contributed by atoms with van der Waals surface area (Å²) in [6.45, 7) is 0.427. The highest BCUT2D eigenvalue weighted by Crippen LogP contribution is 2.29. The Hall–Kier alpha value is -1.91. The first kappa shape index (κ1) is 11.6. The second-order valence-electron chi connectivity index (χ2n) is 3.77. The fraction of sp³-hybridized carbons (Fsp3) is 0.417. The van der Waals surface area contributed by atoms with Gasteiger partial charge >= 0.3 is 6.09 Å². The molecule has 17 heavy (non-hydrogen) atoms. The number of amides is 1. The Morgan fingerprint density at radius 1 is 1.24 bits per heavy atom. The van der Waals surface area contributed by atoms with Gasteiger partial charge in [-0.25, -0.2) is 4.79 Å². The number of carbonyl (C=O) groups is 1. The van der Waals surface area contributed by atoms with Crippen LogP contribution < -0.4 is 14.8 Å². The van der Waals surface area contributed by atoms with Crippen molar-refractivity contribution in [2.24, 2.45) is 0 Å². The van der Waals surface area contributed by atoms with Gasteiger partial charge in [-0.1, -0.05) is 0 Å². The average molecular weight is 237 g/mol. The van der Waals surface area contributed by atoms with E-state index < -0.39 is 0 Å². The molecular weight excluding hydrogens is 222 g/mol. The Labute approximate surface area is 99.7 Å². The predicted molar refractivity (Wildman–Crippen MR) is 61.4 cm³/mol. The number of hydrogen-bond donors (Lipinski definition) is 1. The lowest BCUT2D eigenvalue weighted by Gasteiger charge is -2.24. The maximum Gasteiger partial charge on any atom is 0.407 e. The Balaban J connectivity index is 2.26. The van der Waals surface area contributed by atoms with Gasteiger partial charge < -0.3 is 19.5 Å². The molecular formula is C12H15NO4. The van der Waals surface area contributed by atoms with Crippen molar-refractivity contribution in [3.63, 3.8) is 0 Å². The van der Waals surface area contributed by atoms with Crippen molar-refractivity contribution in [3.05, 3.63) is 23.8 Å². The van der Waals surface area contributed by atoms with Crippen LogP contribution >= 0.6 is 0 Å². The largest absolute Gasteiger partial charge is 0.497 e. The van der Waals surface area contributed by atoms with Crippen molar-refractivity contribution in [1.82, 2.24) is 5.32 Å². The molecule has 1 heterocycles. The molecule has 1 aliphatic rings. The van der Waals surface area contributed by atoms with Crippen LogP contribution in [0.1, 0.15) is 18.0 Å². The lowest BCUT2D eigenvalue weighted by Crippen LogP contribution is -2.35. The van der Waals surface area contributed by atoms with Crippen molar-refractivity contribution in [1.29, 1.82) is 0 Å². The Bertz CT molecular complexity index is 397. The molecule has 0 spiro atoms. The average Bonchev–Trinajstić information content (AvgIpc) is 2.38. The van der Waals surface area contributed by atoms with E-state index >= 15 is 0 Å². The summed E-state index contributed by atoms with van der Waals surface area (Å²) in [5, 5.41) is 2.76. The number of nitrogens with one attached hydrogen (secondary N) is 1. The van der Waals surface area contributed by atoms with Crippen molar-refractivity contribution in [2.45, 2.75) is 12.5 Å². The highest BCUT2D eigenvalue weighted by atomic mass is 16.6. The van der Waals surface area contributed by atoms with Crippen molar-refractivity contribution >= 4 is 6.09 Å². The van der Waals surface area contributed by atoms with E-state index in [1.807, 2.05) is 12.1 Å². The first-order valence-electron chi connectivity index (χ1n) is 5.39. The van der Waals surface area contributed by atoms with Gasteiger partial charge in [0, 0.05) is 12.5 Å². The van der Waals surface area contributed by atoms with Crippen LogP contribution in [0.15, 0.2) is 18.2 Å². The molecule has 0 saturated carbocycles. The number of carbonyl (C=O) groups excluding carboxylic acids is 1. The fourth-order valence-corrected chi connectivity index (χ4v) is 1.81. The highest BCUT2D eigenvalue weighted by Gasteiger charge is 2.21. The molecule has 2 rings (SSSR count). The van der Waals surface area contributed by atoms with Crippen LogP contribution in [0.2, 0.25) is 0 Å². The summed E-state index contributed by atoms with van der Waals surface area (Å²) in [6, 6.07) is 5.52. The molecule has 1 saturated heterocycles. The first-order chi connectivity index (χ1) is 8.22. The molecule has 0 aromatic heterocycles. The summed E-state index contributed by atoms with van der Waals surface area (Å²) in [5.41, 5.74) is 0.956. The van der Waals surface area contributed by atoms with E-state index in [9.17, 15) is 4.79 Å². The number of alkyl carbamates (subject to hydrolysis) is 1. The number of rotatable bonds is 3. The van der Waals surface area contributed by atoms with Crippen LogP contribution in [0.25, 0.3) is 0 Å². The van der Waals surface area contributed by atoms with Gasteiger partial charge in [-0.2, -0.15) is 0 Å². The van der Waals surface area contributed by atoms with Crippen molar-refractivity contribution in [2.75, 3.05) is 20.8 Å². The molecule has 1 atom stereocenters. The number of methoxy groups -OCH3 is 2. The Morgan fingerprint density at radius 3 is 2.41 bits per heavy atom. The number of benzene rings is 1. The van der Waals surface area contributed by atoms with Crippen LogP contribution in [0.5, 0.6) is 11.5 Å². The number of cyclic esters (lactones) is 1. The first-order valence-corrected chi connectivity index (χ1v) is 5.39. The third-order valence-electron chi connectivity index (χ3n) is 2.71. The number of ether oxygens (including phenoxy) is 3. The van der Waals surface area contributed by atoms with Gasteiger partial charge in [-0.15, -0.1) is 0 Å². The zero-order valence-electron chi connectivity index (χ0n) is 9.86. The summed E-state index contributed by atoms with van der Waals surface area (Å²) < 4.78 is 15.2. The zero-order valence-corrected chi connectivity index (χ0v) is 9.86.